The van der Waals surface area contributed by atoms with Crippen molar-refractivity contribution >= 4 is 27.5 Å². The largest absolute Gasteiger partial charge is 0.495 e. The normalized spacial score (nSPS) is 12.1. The van der Waals surface area contributed by atoms with E-state index < -0.39 is 40.2 Å². The number of nitrogens with zero attached hydrogens (tertiary/aromatic N) is 2. The lowest BCUT2D eigenvalue weighted by Gasteiger charge is -2.32. The molecule has 0 aliphatic heterocycles. The standard InChI is InChI=1S/C29H34FN3O5S/c1-20(2)31-29(35)22(4)32(18-23-11-9-10-14-25(23)30)28(34)19-33(26-17-21(3)15-16-27(26)38-5)39(36,37)24-12-7-6-8-13-24/h6-17,20,22H,18-19H2,1-5H3,(H,31,35)/t22-/m1/s1. The maximum atomic E-state index is 14.6. The summed E-state index contributed by atoms with van der Waals surface area (Å²) in [5.74, 6) is -1.42. The van der Waals surface area contributed by atoms with E-state index in [9.17, 15) is 22.4 Å². The first-order valence-electron chi connectivity index (χ1n) is 12.5. The molecule has 0 fully saturated rings. The topological polar surface area (TPSA) is 96.0 Å². The van der Waals surface area contributed by atoms with E-state index in [0.717, 1.165) is 9.87 Å². The predicted octanol–water partition coefficient (Wildman–Crippen LogP) is 4.28. The number of aryl methyl sites for hydroxylation is 1. The van der Waals surface area contributed by atoms with Crippen molar-refractivity contribution in [2.24, 2.45) is 0 Å². The molecule has 0 aliphatic rings. The van der Waals surface area contributed by atoms with Gasteiger partial charge in [0.25, 0.3) is 10.0 Å². The third-order valence-electron chi connectivity index (χ3n) is 6.11. The summed E-state index contributed by atoms with van der Waals surface area (Å²) in [6.45, 7) is 6.01. The Bertz CT molecular complexity index is 1410. The van der Waals surface area contributed by atoms with E-state index in [-0.39, 0.29) is 34.5 Å². The molecular weight excluding hydrogens is 521 g/mol. The van der Waals surface area contributed by atoms with Crippen LogP contribution in [0.3, 0.4) is 0 Å². The average Bonchev–Trinajstić information content (AvgIpc) is 2.90. The summed E-state index contributed by atoms with van der Waals surface area (Å²) in [4.78, 5) is 28.0. The molecule has 208 valence electrons. The first kappa shape index (κ1) is 29.6. The molecule has 0 saturated heterocycles. The van der Waals surface area contributed by atoms with Gasteiger partial charge in [0.2, 0.25) is 11.8 Å². The number of amides is 2. The van der Waals surface area contributed by atoms with Crippen LogP contribution in [0.15, 0.2) is 77.7 Å². The highest BCUT2D eigenvalue weighted by Crippen LogP contribution is 2.33. The fourth-order valence-corrected chi connectivity index (χ4v) is 5.46. The first-order chi connectivity index (χ1) is 18.4. The van der Waals surface area contributed by atoms with Gasteiger partial charge in [-0.05, 0) is 63.6 Å². The van der Waals surface area contributed by atoms with E-state index in [1.165, 1.54) is 49.3 Å². The second-order valence-corrected chi connectivity index (χ2v) is 11.3. The molecule has 10 heteroatoms. The molecule has 39 heavy (non-hydrogen) atoms. The summed E-state index contributed by atoms with van der Waals surface area (Å²) in [7, 11) is -2.84. The molecule has 0 unspecified atom stereocenters. The number of hydrogen-bond acceptors (Lipinski definition) is 5. The smallest absolute Gasteiger partial charge is 0.264 e. The number of benzene rings is 3. The molecule has 1 atom stereocenters. The van der Waals surface area contributed by atoms with Crippen molar-refractivity contribution in [2.75, 3.05) is 18.0 Å². The van der Waals surface area contributed by atoms with Crippen molar-refractivity contribution in [3.8, 4) is 5.75 Å². The SMILES string of the molecule is COc1ccc(C)cc1N(CC(=O)N(Cc1ccccc1F)[C@H](C)C(=O)NC(C)C)S(=O)(=O)c1ccccc1. The van der Waals surface area contributed by atoms with Crippen LogP contribution < -0.4 is 14.4 Å². The molecule has 0 aromatic heterocycles. The van der Waals surface area contributed by atoms with Gasteiger partial charge in [-0.2, -0.15) is 0 Å². The number of sulfonamides is 1. The van der Waals surface area contributed by atoms with E-state index in [0.29, 0.717) is 0 Å². The van der Waals surface area contributed by atoms with Crippen LogP contribution in [0.1, 0.15) is 31.9 Å². The number of nitrogens with one attached hydrogen (secondary N) is 1. The zero-order valence-corrected chi connectivity index (χ0v) is 23.5. The summed E-state index contributed by atoms with van der Waals surface area (Å²) < 4.78 is 48.8. The zero-order chi connectivity index (χ0) is 28.7. The maximum absolute atomic E-state index is 14.6. The molecule has 8 nitrogen and oxygen atoms in total. The Morgan fingerprint density at radius 1 is 0.974 bits per heavy atom. The fraction of sp³-hybridized carbons (Fsp3) is 0.310. The second-order valence-electron chi connectivity index (χ2n) is 9.45. The molecule has 0 saturated carbocycles. The molecule has 2 amide bonds. The Balaban J connectivity index is 2.10. The van der Waals surface area contributed by atoms with E-state index in [4.69, 9.17) is 4.74 Å². The molecule has 0 bridgehead atoms. The minimum absolute atomic E-state index is 0.0207. The van der Waals surface area contributed by atoms with Crippen LogP contribution in [0.5, 0.6) is 5.75 Å². The van der Waals surface area contributed by atoms with Crippen molar-refractivity contribution in [1.29, 1.82) is 0 Å². The molecule has 3 aromatic rings. The third kappa shape index (κ3) is 7.14. The predicted molar refractivity (Wildman–Crippen MR) is 148 cm³/mol. The minimum Gasteiger partial charge on any atom is -0.495 e. The van der Waals surface area contributed by atoms with E-state index in [2.05, 4.69) is 5.32 Å². The van der Waals surface area contributed by atoms with E-state index >= 15 is 0 Å². The molecule has 1 N–H and O–H groups in total. The van der Waals surface area contributed by atoms with Gasteiger partial charge in [-0.15, -0.1) is 0 Å². The van der Waals surface area contributed by atoms with E-state index in [1.807, 2.05) is 0 Å². The Kier molecular flexibility index (Phi) is 9.69. The lowest BCUT2D eigenvalue weighted by Crippen LogP contribution is -2.52. The Labute approximate surface area is 229 Å². The van der Waals surface area contributed by atoms with Crippen molar-refractivity contribution < 1.29 is 27.1 Å². The van der Waals surface area contributed by atoms with E-state index in [1.54, 1.807) is 63.2 Å². The molecule has 0 radical (unpaired) electrons. The first-order valence-corrected chi connectivity index (χ1v) is 14.0. The lowest BCUT2D eigenvalue weighted by atomic mass is 10.1. The summed E-state index contributed by atoms with van der Waals surface area (Å²) in [6, 6.07) is 17.5. The third-order valence-corrected chi connectivity index (χ3v) is 7.88. The summed E-state index contributed by atoms with van der Waals surface area (Å²) in [5, 5.41) is 2.77. The number of carbonyl (C=O) groups is 2. The van der Waals surface area contributed by atoms with Gasteiger partial charge in [0.15, 0.2) is 0 Å². The van der Waals surface area contributed by atoms with Gasteiger partial charge in [0.05, 0.1) is 17.7 Å². The zero-order valence-electron chi connectivity index (χ0n) is 22.7. The van der Waals surface area contributed by atoms with Crippen LogP contribution in [0.25, 0.3) is 0 Å². The number of halogens is 1. The summed E-state index contributed by atoms with van der Waals surface area (Å²) in [6.07, 6.45) is 0. The maximum Gasteiger partial charge on any atom is 0.264 e. The Morgan fingerprint density at radius 3 is 2.23 bits per heavy atom. The quantitative estimate of drug-likeness (QED) is 0.381. The monoisotopic (exact) mass is 555 g/mol. The second kappa shape index (κ2) is 12.8. The van der Waals surface area contributed by atoms with Crippen LogP contribution in [0.2, 0.25) is 0 Å². The Hall–Kier alpha value is -3.92. The van der Waals surface area contributed by atoms with Gasteiger partial charge in [-0.25, -0.2) is 12.8 Å². The van der Waals surface area contributed by atoms with Gasteiger partial charge in [0.1, 0.15) is 24.2 Å². The van der Waals surface area contributed by atoms with Crippen molar-refractivity contribution in [1.82, 2.24) is 10.2 Å². The number of methoxy groups -OCH3 is 1. The highest BCUT2D eigenvalue weighted by atomic mass is 32.2. The van der Waals surface area contributed by atoms with Crippen LogP contribution >= 0.6 is 0 Å². The molecule has 0 heterocycles. The Morgan fingerprint density at radius 2 is 1.62 bits per heavy atom. The van der Waals surface area contributed by atoms with Gasteiger partial charge in [-0.3, -0.25) is 13.9 Å². The van der Waals surface area contributed by atoms with Crippen molar-refractivity contribution in [2.45, 2.75) is 51.2 Å². The number of ether oxygens (including phenoxy) is 1. The molecular formula is C29H34FN3O5S. The summed E-state index contributed by atoms with van der Waals surface area (Å²) >= 11 is 0. The van der Waals surface area contributed by atoms with Gasteiger partial charge < -0.3 is 15.0 Å². The molecule has 0 spiro atoms. The summed E-state index contributed by atoms with van der Waals surface area (Å²) in [5.41, 5.74) is 1.11. The van der Waals surface area contributed by atoms with Gasteiger partial charge in [0, 0.05) is 18.2 Å². The number of anilines is 1. The number of hydrogen-bond donors (Lipinski definition) is 1. The minimum atomic E-state index is -4.25. The highest BCUT2D eigenvalue weighted by Gasteiger charge is 2.34. The van der Waals surface area contributed by atoms with Crippen LogP contribution in [0.4, 0.5) is 10.1 Å². The fourth-order valence-electron chi connectivity index (χ4n) is 4.03. The molecule has 3 rings (SSSR count). The highest BCUT2D eigenvalue weighted by molar-refractivity contribution is 7.92. The van der Waals surface area contributed by atoms with Gasteiger partial charge in [-0.1, -0.05) is 42.5 Å². The van der Waals surface area contributed by atoms with Crippen LogP contribution in [0, 0.1) is 12.7 Å². The lowest BCUT2D eigenvalue weighted by molar-refractivity contribution is -0.139. The van der Waals surface area contributed by atoms with Crippen LogP contribution in [-0.4, -0.2) is 50.9 Å². The van der Waals surface area contributed by atoms with Gasteiger partial charge >= 0.3 is 0 Å². The van der Waals surface area contributed by atoms with Crippen LogP contribution in [-0.2, 0) is 26.2 Å². The molecule has 0 aliphatic carbocycles. The molecule has 3 aromatic carbocycles. The number of carbonyl (C=O) groups excluding carboxylic acids is 2. The van der Waals surface area contributed by atoms with Crippen molar-refractivity contribution in [3.05, 3.63) is 89.7 Å². The number of rotatable bonds is 11. The average molecular weight is 556 g/mol. The van der Waals surface area contributed by atoms with Crippen molar-refractivity contribution in [3.63, 3.8) is 0 Å².